The smallest absolute Gasteiger partial charge is 0.327 e. The van der Waals surface area contributed by atoms with Gasteiger partial charge in [0.05, 0.1) is 13.2 Å². The van der Waals surface area contributed by atoms with Crippen molar-refractivity contribution >= 4 is 5.97 Å². The maximum atomic E-state index is 9.25. The van der Waals surface area contributed by atoms with E-state index in [1.54, 1.807) is 14.2 Å². The summed E-state index contributed by atoms with van der Waals surface area (Å²) in [5, 5.41) is 7.60. The predicted molar refractivity (Wildman–Crippen MR) is 41.6 cm³/mol. The summed E-state index contributed by atoms with van der Waals surface area (Å²) >= 11 is 0. The number of methoxy groups -OCH3 is 1. The van der Waals surface area contributed by atoms with E-state index in [9.17, 15) is 4.79 Å². The van der Waals surface area contributed by atoms with Crippen molar-refractivity contribution in [2.24, 2.45) is 0 Å². The molecule has 0 aromatic heterocycles. The highest BCUT2D eigenvalue weighted by molar-refractivity contribution is 5.78. The van der Waals surface area contributed by atoms with E-state index in [2.05, 4.69) is 16.1 Å². The molecule has 66 valence electrons. The van der Waals surface area contributed by atoms with Crippen LogP contribution in [0.15, 0.2) is 12.7 Å². The lowest BCUT2D eigenvalue weighted by atomic mass is 10.7. The minimum Gasteiger partial charge on any atom is -0.478 e. The third-order valence-corrected chi connectivity index (χ3v) is 0.379. The van der Waals surface area contributed by atoms with Gasteiger partial charge in [0.2, 0.25) is 0 Å². The van der Waals surface area contributed by atoms with Crippen molar-refractivity contribution in [1.82, 2.24) is 0 Å². The Balaban J connectivity index is 0. The van der Waals surface area contributed by atoms with Crippen molar-refractivity contribution < 1.29 is 19.4 Å². The van der Waals surface area contributed by atoms with Crippen molar-refractivity contribution in [2.45, 2.75) is 0 Å². The van der Waals surface area contributed by atoms with Crippen molar-refractivity contribution in [1.29, 1.82) is 0 Å². The number of ether oxygens (including phenoxy) is 2. The van der Waals surface area contributed by atoms with Crippen LogP contribution in [0.25, 0.3) is 0 Å². The molecule has 1 N–H and O–H groups in total. The number of carboxylic acids is 1. The number of hydrogen-bond acceptors (Lipinski definition) is 3. The Hall–Kier alpha value is -0.870. The maximum absolute atomic E-state index is 9.25. The Morgan fingerprint density at radius 3 is 1.82 bits per heavy atom. The fourth-order valence-corrected chi connectivity index (χ4v) is 0. The molecule has 0 radical (unpaired) electrons. The minimum absolute atomic E-state index is 0.833. The molecule has 0 amide bonds. The van der Waals surface area contributed by atoms with Gasteiger partial charge < -0.3 is 14.6 Å². The first-order valence-electron chi connectivity index (χ1n) is 3.02. The highest BCUT2D eigenvalue weighted by Gasteiger charge is 1.94. The van der Waals surface area contributed by atoms with Gasteiger partial charge in [0.25, 0.3) is 0 Å². The summed E-state index contributed by atoms with van der Waals surface area (Å²) in [5.41, 5.74) is 0. The molecule has 0 saturated carbocycles. The Morgan fingerprint density at radius 1 is 1.64 bits per heavy atom. The molecular weight excluding hydrogens is 148 g/mol. The summed E-state index contributed by atoms with van der Waals surface area (Å²) in [7, 11) is 3.25. The van der Waals surface area contributed by atoms with Gasteiger partial charge in [-0.25, -0.2) is 4.79 Å². The van der Waals surface area contributed by atoms with Crippen molar-refractivity contribution in [3.05, 3.63) is 12.7 Å². The van der Waals surface area contributed by atoms with Crippen LogP contribution in [-0.2, 0) is 14.3 Å². The largest absolute Gasteiger partial charge is 0.478 e. The van der Waals surface area contributed by atoms with Crippen LogP contribution in [-0.4, -0.2) is 38.5 Å². The Kier molecular flexibility index (Phi) is 13.8. The molecule has 0 aromatic rings. The zero-order chi connectivity index (χ0) is 9.11. The van der Waals surface area contributed by atoms with Gasteiger partial charge in [0, 0.05) is 20.3 Å². The van der Waals surface area contributed by atoms with Gasteiger partial charge in [0.1, 0.15) is 0 Å². The standard InChI is InChI=1S/C3H4O2.C2H4O.C2H6O/c1-2-3(4)5;1-2-3-1;1-3-2/h2H,1H2,(H,4,5);1-2H2;1-2H3. The quantitative estimate of drug-likeness (QED) is 0.451. The Morgan fingerprint density at radius 2 is 1.82 bits per heavy atom. The van der Waals surface area contributed by atoms with Crippen LogP contribution in [0.4, 0.5) is 0 Å². The lowest BCUT2D eigenvalue weighted by Crippen LogP contribution is -1.82. The number of rotatable bonds is 1. The van der Waals surface area contributed by atoms with Crippen LogP contribution in [0, 0.1) is 0 Å². The van der Waals surface area contributed by atoms with Crippen LogP contribution in [0.3, 0.4) is 0 Å². The number of carbonyl (C=O) groups is 1. The van der Waals surface area contributed by atoms with E-state index in [0.29, 0.717) is 0 Å². The summed E-state index contributed by atoms with van der Waals surface area (Å²) < 4.78 is 8.75. The minimum atomic E-state index is -0.981. The van der Waals surface area contributed by atoms with Crippen LogP contribution in [0.5, 0.6) is 0 Å². The third-order valence-electron chi connectivity index (χ3n) is 0.379. The van der Waals surface area contributed by atoms with E-state index in [4.69, 9.17) is 5.11 Å². The molecule has 0 unspecified atom stereocenters. The molecule has 0 atom stereocenters. The van der Waals surface area contributed by atoms with Gasteiger partial charge in [-0.05, 0) is 0 Å². The topological polar surface area (TPSA) is 59.1 Å². The van der Waals surface area contributed by atoms with Gasteiger partial charge in [-0.15, -0.1) is 0 Å². The van der Waals surface area contributed by atoms with Crippen LogP contribution < -0.4 is 0 Å². The fourth-order valence-electron chi connectivity index (χ4n) is 0. The summed E-state index contributed by atoms with van der Waals surface area (Å²) in [6, 6.07) is 0. The zero-order valence-electron chi connectivity index (χ0n) is 6.87. The average molecular weight is 162 g/mol. The molecule has 4 heteroatoms. The Labute approximate surface area is 66.4 Å². The van der Waals surface area contributed by atoms with Crippen LogP contribution in [0.2, 0.25) is 0 Å². The highest BCUT2D eigenvalue weighted by Crippen LogP contribution is 1.84. The molecule has 0 bridgehead atoms. The number of aliphatic carboxylic acids is 1. The third kappa shape index (κ3) is 102. The van der Waals surface area contributed by atoms with E-state index in [1.165, 1.54) is 0 Å². The molecule has 1 aliphatic heterocycles. The monoisotopic (exact) mass is 162 g/mol. The molecular formula is C7H14O4. The molecule has 1 fully saturated rings. The number of epoxide rings is 1. The van der Waals surface area contributed by atoms with E-state index < -0.39 is 5.97 Å². The molecule has 1 saturated heterocycles. The summed E-state index contributed by atoms with van der Waals surface area (Å²) in [5.74, 6) is -0.981. The summed E-state index contributed by atoms with van der Waals surface area (Å²) in [6.07, 6.45) is 0.833. The normalized spacial score (nSPS) is 11.1. The van der Waals surface area contributed by atoms with Gasteiger partial charge in [-0.3, -0.25) is 0 Å². The summed E-state index contributed by atoms with van der Waals surface area (Å²) in [4.78, 5) is 9.25. The second-order valence-electron chi connectivity index (χ2n) is 1.56. The van der Waals surface area contributed by atoms with Crippen LogP contribution >= 0.6 is 0 Å². The van der Waals surface area contributed by atoms with Gasteiger partial charge in [-0.1, -0.05) is 6.58 Å². The first-order chi connectivity index (χ1) is 5.18. The lowest BCUT2D eigenvalue weighted by molar-refractivity contribution is -0.131. The second-order valence-corrected chi connectivity index (χ2v) is 1.56. The maximum Gasteiger partial charge on any atom is 0.327 e. The number of carboxylic acid groups (broad SMARTS) is 1. The van der Waals surface area contributed by atoms with Gasteiger partial charge in [-0.2, -0.15) is 0 Å². The SMILES string of the molecule is C1CO1.C=CC(=O)O.COC. The van der Waals surface area contributed by atoms with Gasteiger partial charge >= 0.3 is 5.97 Å². The molecule has 4 nitrogen and oxygen atoms in total. The highest BCUT2D eigenvalue weighted by atomic mass is 16.6. The average Bonchev–Trinajstić information content (AvgIpc) is 2.73. The predicted octanol–water partition coefficient (Wildman–Crippen LogP) is 0.536. The number of hydrogen-bond donors (Lipinski definition) is 1. The first-order valence-corrected chi connectivity index (χ1v) is 3.02. The molecule has 1 rings (SSSR count). The van der Waals surface area contributed by atoms with E-state index in [1.807, 2.05) is 0 Å². The molecule has 1 heterocycles. The fraction of sp³-hybridized carbons (Fsp3) is 0.571. The second kappa shape index (κ2) is 11.9. The van der Waals surface area contributed by atoms with E-state index >= 15 is 0 Å². The van der Waals surface area contributed by atoms with Gasteiger partial charge in [0.15, 0.2) is 0 Å². The molecule has 0 spiro atoms. The van der Waals surface area contributed by atoms with E-state index in [0.717, 1.165) is 19.3 Å². The summed E-state index contributed by atoms with van der Waals surface area (Å²) in [6.45, 7) is 4.96. The lowest BCUT2D eigenvalue weighted by Gasteiger charge is -1.64. The Bertz CT molecular complexity index is 95.9. The van der Waals surface area contributed by atoms with Crippen LogP contribution in [0.1, 0.15) is 0 Å². The van der Waals surface area contributed by atoms with Crippen molar-refractivity contribution in [2.75, 3.05) is 27.4 Å². The zero-order valence-corrected chi connectivity index (χ0v) is 6.87. The first kappa shape index (κ1) is 12.8. The van der Waals surface area contributed by atoms with E-state index in [-0.39, 0.29) is 0 Å². The molecule has 11 heavy (non-hydrogen) atoms. The van der Waals surface area contributed by atoms with Crippen molar-refractivity contribution in [3.63, 3.8) is 0 Å². The molecule has 0 aromatic carbocycles. The molecule has 1 aliphatic rings. The molecule has 0 aliphatic carbocycles. The van der Waals surface area contributed by atoms with Crippen molar-refractivity contribution in [3.8, 4) is 0 Å².